The van der Waals surface area contributed by atoms with Crippen LogP contribution in [0.5, 0.6) is 0 Å². The highest BCUT2D eigenvalue weighted by Gasteiger charge is 2.22. The normalized spacial score (nSPS) is 17.5. The van der Waals surface area contributed by atoms with E-state index in [4.69, 9.17) is 10.9 Å². The number of piperidine rings is 1. The predicted octanol–water partition coefficient (Wildman–Crippen LogP) is 2.09. The Labute approximate surface area is 127 Å². The maximum atomic E-state index is 8.68. The third-order valence-electron chi connectivity index (χ3n) is 4.43. The molecular weight excluding hydrogens is 264 g/mol. The van der Waals surface area contributed by atoms with Crippen molar-refractivity contribution in [3.63, 3.8) is 0 Å². The highest BCUT2D eigenvalue weighted by molar-refractivity contribution is 5.97. The summed E-state index contributed by atoms with van der Waals surface area (Å²) in [5.74, 6) is 0.154. The van der Waals surface area contributed by atoms with Crippen molar-refractivity contribution >= 4 is 11.5 Å². The van der Waals surface area contributed by atoms with Crippen LogP contribution < -0.4 is 10.6 Å². The molecule has 5 heteroatoms. The first-order valence-corrected chi connectivity index (χ1v) is 7.76. The molecule has 116 valence electrons. The van der Waals surface area contributed by atoms with Gasteiger partial charge in [0.25, 0.3) is 0 Å². The summed E-state index contributed by atoms with van der Waals surface area (Å²) in [5.41, 5.74) is 7.55. The fraction of sp³-hybridized carbons (Fsp3) is 0.562. The molecule has 0 aliphatic carbocycles. The van der Waals surface area contributed by atoms with Gasteiger partial charge >= 0.3 is 0 Å². The fourth-order valence-corrected chi connectivity index (χ4v) is 3.13. The van der Waals surface area contributed by atoms with Crippen LogP contribution in [0.3, 0.4) is 0 Å². The van der Waals surface area contributed by atoms with Crippen molar-refractivity contribution in [2.24, 2.45) is 10.9 Å². The molecule has 0 unspecified atom stereocenters. The summed E-state index contributed by atoms with van der Waals surface area (Å²) < 4.78 is 0. The molecule has 1 fully saturated rings. The van der Waals surface area contributed by atoms with Crippen molar-refractivity contribution in [3.05, 3.63) is 29.8 Å². The van der Waals surface area contributed by atoms with Gasteiger partial charge in [0.15, 0.2) is 5.84 Å². The lowest BCUT2D eigenvalue weighted by molar-refractivity contribution is 0.186. The van der Waals surface area contributed by atoms with Gasteiger partial charge in [-0.05, 0) is 50.2 Å². The van der Waals surface area contributed by atoms with Crippen LogP contribution in [0.4, 0.5) is 5.69 Å². The van der Waals surface area contributed by atoms with E-state index in [-0.39, 0.29) is 5.84 Å². The second-order valence-corrected chi connectivity index (χ2v) is 5.47. The Hall–Kier alpha value is -1.75. The van der Waals surface area contributed by atoms with Crippen molar-refractivity contribution in [1.82, 2.24) is 4.90 Å². The van der Waals surface area contributed by atoms with Gasteiger partial charge in [0, 0.05) is 30.4 Å². The highest BCUT2D eigenvalue weighted by Crippen LogP contribution is 2.23. The van der Waals surface area contributed by atoms with E-state index in [1.54, 1.807) is 0 Å². The maximum Gasteiger partial charge on any atom is 0.170 e. The Balaban J connectivity index is 1.96. The van der Waals surface area contributed by atoms with Gasteiger partial charge in [-0.25, -0.2) is 0 Å². The molecule has 0 amide bonds. The molecule has 0 spiro atoms. The van der Waals surface area contributed by atoms with E-state index in [0.717, 1.165) is 31.7 Å². The largest absolute Gasteiger partial charge is 0.409 e. The molecule has 0 aromatic heterocycles. The van der Waals surface area contributed by atoms with E-state index in [1.807, 2.05) is 24.3 Å². The zero-order chi connectivity index (χ0) is 15.2. The summed E-state index contributed by atoms with van der Waals surface area (Å²) in [6, 6.07) is 8.62. The number of benzene rings is 1. The van der Waals surface area contributed by atoms with Crippen molar-refractivity contribution in [2.75, 3.05) is 31.1 Å². The van der Waals surface area contributed by atoms with Gasteiger partial charge in [-0.1, -0.05) is 19.0 Å². The minimum absolute atomic E-state index is 0.154. The summed E-state index contributed by atoms with van der Waals surface area (Å²) >= 11 is 0. The van der Waals surface area contributed by atoms with E-state index >= 15 is 0 Å². The molecule has 1 aliphatic heterocycles. The Morgan fingerprint density at radius 1 is 1.24 bits per heavy atom. The molecular formula is C16H26N4O. The fourth-order valence-electron chi connectivity index (χ4n) is 3.13. The third kappa shape index (κ3) is 3.67. The van der Waals surface area contributed by atoms with Crippen molar-refractivity contribution in [2.45, 2.75) is 32.7 Å². The topological polar surface area (TPSA) is 65.1 Å². The zero-order valence-corrected chi connectivity index (χ0v) is 13.0. The van der Waals surface area contributed by atoms with Gasteiger partial charge in [-0.15, -0.1) is 0 Å². The number of anilines is 1. The van der Waals surface area contributed by atoms with Crippen molar-refractivity contribution in [1.29, 1.82) is 0 Å². The molecule has 1 heterocycles. The third-order valence-corrected chi connectivity index (χ3v) is 4.43. The second-order valence-electron chi connectivity index (χ2n) is 5.47. The molecule has 1 saturated heterocycles. The van der Waals surface area contributed by atoms with Crippen LogP contribution in [0.2, 0.25) is 0 Å². The first kappa shape index (κ1) is 15.6. The predicted molar refractivity (Wildman–Crippen MR) is 87.1 cm³/mol. The van der Waals surface area contributed by atoms with Crippen LogP contribution >= 0.6 is 0 Å². The molecule has 21 heavy (non-hydrogen) atoms. The van der Waals surface area contributed by atoms with Crippen LogP contribution in [-0.2, 0) is 0 Å². The summed E-state index contributed by atoms with van der Waals surface area (Å²) in [6.07, 6.45) is 2.42. The van der Waals surface area contributed by atoms with E-state index in [2.05, 4.69) is 28.8 Å². The lowest BCUT2D eigenvalue weighted by Gasteiger charge is -2.38. The molecule has 5 nitrogen and oxygen atoms in total. The first-order chi connectivity index (χ1) is 10.2. The molecule has 1 aromatic rings. The maximum absolute atomic E-state index is 8.68. The summed E-state index contributed by atoms with van der Waals surface area (Å²) in [6.45, 7) is 8.92. The quantitative estimate of drug-likeness (QED) is 0.377. The minimum Gasteiger partial charge on any atom is -0.409 e. The molecule has 0 atom stereocenters. The number of oxime groups is 1. The Kier molecular flexibility index (Phi) is 5.44. The van der Waals surface area contributed by atoms with Crippen LogP contribution in [0.15, 0.2) is 29.4 Å². The monoisotopic (exact) mass is 290 g/mol. The van der Waals surface area contributed by atoms with Crippen LogP contribution in [-0.4, -0.2) is 48.2 Å². The van der Waals surface area contributed by atoms with Crippen LogP contribution in [0.25, 0.3) is 0 Å². The number of hydrogen-bond acceptors (Lipinski definition) is 4. The Bertz CT molecular complexity index is 460. The molecule has 0 bridgehead atoms. The van der Waals surface area contributed by atoms with Crippen LogP contribution in [0, 0.1) is 0 Å². The molecule has 1 aromatic carbocycles. The van der Waals surface area contributed by atoms with Gasteiger partial charge in [0.1, 0.15) is 0 Å². The average Bonchev–Trinajstić information content (AvgIpc) is 2.56. The summed E-state index contributed by atoms with van der Waals surface area (Å²) in [5, 5.41) is 11.7. The number of rotatable bonds is 5. The van der Waals surface area contributed by atoms with Gasteiger partial charge < -0.3 is 20.7 Å². The Morgan fingerprint density at radius 3 is 2.29 bits per heavy atom. The van der Waals surface area contributed by atoms with E-state index < -0.39 is 0 Å². The van der Waals surface area contributed by atoms with Gasteiger partial charge in [-0.2, -0.15) is 0 Å². The minimum atomic E-state index is 0.154. The van der Waals surface area contributed by atoms with E-state index in [1.165, 1.54) is 18.5 Å². The summed E-state index contributed by atoms with van der Waals surface area (Å²) in [4.78, 5) is 4.97. The lowest BCUT2D eigenvalue weighted by Crippen LogP contribution is -2.44. The lowest BCUT2D eigenvalue weighted by atomic mass is 10.0. The molecule has 0 saturated carbocycles. The van der Waals surface area contributed by atoms with Gasteiger partial charge in [0.05, 0.1) is 0 Å². The molecule has 2 rings (SSSR count). The van der Waals surface area contributed by atoms with Gasteiger partial charge in [0.2, 0.25) is 0 Å². The number of nitrogens with two attached hydrogens (primary N) is 1. The summed E-state index contributed by atoms with van der Waals surface area (Å²) in [7, 11) is 0. The average molecular weight is 290 g/mol. The smallest absolute Gasteiger partial charge is 0.170 e. The second kappa shape index (κ2) is 7.31. The number of amidine groups is 1. The van der Waals surface area contributed by atoms with Crippen molar-refractivity contribution < 1.29 is 5.21 Å². The van der Waals surface area contributed by atoms with Crippen LogP contribution in [0.1, 0.15) is 32.3 Å². The number of hydrogen-bond donors (Lipinski definition) is 2. The van der Waals surface area contributed by atoms with E-state index in [0.29, 0.717) is 6.04 Å². The van der Waals surface area contributed by atoms with Gasteiger partial charge in [-0.3, -0.25) is 0 Å². The zero-order valence-electron chi connectivity index (χ0n) is 13.0. The Morgan fingerprint density at radius 2 is 1.81 bits per heavy atom. The first-order valence-electron chi connectivity index (χ1n) is 7.76. The standard InChI is InChI=1S/C16H26N4O/c1-3-19(4-2)15-9-11-20(12-10-15)14-7-5-13(6-8-14)16(17)18-21/h5-8,15,21H,3-4,9-12H2,1-2H3,(H2,17,18). The van der Waals surface area contributed by atoms with Crippen molar-refractivity contribution in [3.8, 4) is 0 Å². The SMILES string of the molecule is CCN(CC)C1CCN(c2ccc(C(N)=NO)cc2)CC1. The molecule has 1 aliphatic rings. The highest BCUT2D eigenvalue weighted by atomic mass is 16.4. The van der Waals surface area contributed by atoms with E-state index in [9.17, 15) is 0 Å². The number of nitrogens with zero attached hydrogens (tertiary/aromatic N) is 3. The molecule has 3 N–H and O–H groups in total. The molecule has 0 radical (unpaired) electrons.